The summed E-state index contributed by atoms with van der Waals surface area (Å²) in [5.41, 5.74) is 0.429. The Balaban J connectivity index is 2.13. The Morgan fingerprint density at radius 1 is 1.50 bits per heavy atom. The SMILES string of the molecule is CN(C=O)CC(=O)Nc1nc2ccc(OC(F)(F)F)cc2s1. The zero-order valence-electron chi connectivity index (χ0n) is 11.2. The number of rotatable bonds is 5. The molecule has 0 fully saturated rings. The molecule has 0 atom stereocenters. The highest BCUT2D eigenvalue weighted by Gasteiger charge is 2.31. The number of likely N-dealkylation sites (N-methyl/N-ethyl adjacent to an activating group) is 1. The van der Waals surface area contributed by atoms with Crippen molar-refractivity contribution in [2.75, 3.05) is 18.9 Å². The largest absolute Gasteiger partial charge is 0.573 e. The van der Waals surface area contributed by atoms with Crippen LogP contribution in [0.25, 0.3) is 10.2 Å². The first kappa shape index (κ1) is 16.0. The number of carbonyl (C=O) groups excluding carboxylic acids is 2. The van der Waals surface area contributed by atoms with E-state index in [4.69, 9.17) is 0 Å². The molecule has 0 bridgehead atoms. The van der Waals surface area contributed by atoms with Gasteiger partial charge in [0.25, 0.3) is 0 Å². The molecule has 0 aliphatic heterocycles. The number of nitrogens with one attached hydrogen (secondary N) is 1. The number of ether oxygens (including phenoxy) is 1. The molecule has 0 spiro atoms. The molecule has 0 saturated carbocycles. The summed E-state index contributed by atoms with van der Waals surface area (Å²) in [6.07, 6.45) is -4.27. The normalized spacial score (nSPS) is 11.3. The molecule has 6 nitrogen and oxygen atoms in total. The molecular formula is C12H10F3N3O3S. The molecule has 22 heavy (non-hydrogen) atoms. The predicted octanol–water partition coefficient (Wildman–Crippen LogP) is 2.22. The lowest BCUT2D eigenvalue weighted by molar-refractivity contribution is -0.274. The number of amides is 2. The third-order valence-electron chi connectivity index (χ3n) is 2.41. The van der Waals surface area contributed by atoms with E-state index in [2.05, 4.69) is 15.0 Å². The number of hydrogen-bond acceptors (Lipinski definition) is 5. The Labute approximate surface area is 126 Å². The zero-order chi connectivity index (χ0) is 16.3. The van der Waals surface area contributed by atoms with E-state index in [1.54, 1.807) is 0 Å². The molecule has 0 aliphatic rings. The van der Waals surface area contributed by atoms with Crippen molar-refractivity contribution >= 4 is 39.0 Å². The van der Waals surface area contributed by atoms with Crippen molar-refractivity contribution in [3.63, 3.8) is 0 Å². The van der Waals surface area contributed by atoms with E-state index in [1.807, 2.05) is 0 Å². The van der Waals surface area contributed by atoms with E-state index in [1.165, 1.54) is 19.2 Å². The van der Waals surface area contributed by atoms with Crippen LogP contribution in [0.2, 0.25) is 0 Å². The van der Waals surface area contributed by atoms with Crippen LogP contribution in [0.5, 0.6) is 5.75 Å². The van der Waals surface area contributed by atoms with Crippen molar-refractivity contribution in [1.29, 1.82) is 0 Å². The number of nitrogens with zero attached hydrogens (tertiary/aromatic N) is 2. The van der Waals surface area contributed by atoms with E-state index in [0.29, 0.717) is 16.6 Å². The summed E-state index contributed by atoms with van der Waals surface area (Å²) in [6, 6.07) is 3.69. The Bertz CT molecular complexity index is 702. The fourth-order valence-electron chi connectivity index (χ4n) is 1.58. The maximum Gasteiger partial charge on any atom is 0.573 e. The number of carbonyl (C=O) groups is 2. The summed E-state index contributed by atoms with van der Waals surface area (Å²) >= 11 is 1.00. The quantitative estimate of drug-likeness (QED) is 0.852. The van der Waals surface area contributed by atoms with Crippen molar-refractivity contribution in [2.24, 2.45) is 0 Å². The highest BCUT2D eigenvalue weighted by Crippen LogP contribution is 2.31. The van der Waals surface area contributed by atoms with Crippen molar-refractivity contribution in [2.45, 2.75) is 6.36 Å². The molecule has 2 rings (SSSR count). The molecule has 1 aromatic heterocycles. The monoisotopic (exact) mass is 333 g/mol. The van der Waals surface area contributed by atoms with E-state index < -0.39 is 12.3 Å². The topological polar surface area (TPSA) is 71.5 Å². The third kappa shape index (κ3) is 4.32. The first-order chi connectivity index (χ1) is 10.3. The molecule has 0 radical (unpaired) electrons. The number of aromatic nitrogens is 1. The van der Waals surface area contributed by atoms with Gasteiger partial charge in [0.05, 0.1) is 16.8 Å². The lowest BCUT2D eigenvalue weighted by Gasteiger charge is -2.08. The minimum atomic E-state index is -4.77. The zero-order valence-corrected chi connectivity index (χ0v) is 12.0. The van der Waals surface area contributed by atoms with Gasteiger partial charge >= 0.3 is 6.36 Å². The maximum absolute atomic E-state index is 12.1. The smallest absolute Gasteiger partial charge is 0.406 e. The standard InChI is InChI=1S/C12H10F3N3O3S/c1-18(6-19)5-10(20)17-11-16-8-3-2-7(4-9(8)22-11)21-12(13,14)15/h2-4,6H,5H2,1H3,(H,16,17,20). The van der Waals surface area contributed by atoms with Gasteiger partial charge in [-0.25, -0.2) is 4.98 Å². The van der Waals surface area contributed by atoms with Crippen LogP contribution in [0, 0.1) is 0 Å². The molecule has 0 saturated heterocycles. The van der Waals surface area contributed by atoms with E-state index >= 15 is 0 Å². The second kappa shape index (κ2) is 6.18. The predicted molar refractivity (Wildman–Crippen MR) is 73.6 cm³/mol. The number of halogens is 3. The fraction of sp³-hybridized carbons (Fsp3) is 0.250. The van der Waals surface area contributed by atoms with Crippen LogP contribution in [-0.2, 0) is 9.59 Å². The Morgan fingerprint density at radius 2 is 2.23 bits per heavy atom. The molecule has 2 aromatic rings. The van der Waals surface area contributed by atoms with Gasteiger partial charge in [0.1, 0.15) is 5.75 Å². The first-order valence-electron chi connectivity index (χ1n) is 5.88. The van der Waals surface area contributed by atoms with E-state index in [0.717, 1.165) is 22.3 Å². The average Bonchev–Trinajstić information content (AvgIpc) is 2.77. The van der Waals surface area contributed by atoms with Gasteiger partial charge in [0, 0.05) is 13.1 Å². The Kier molecular flexibility index (Phi) is 4.50. The van der Waals surface area contributed by atoms with E-state index in [-0.39, 0.29) is 17.4 Å². The number of benzene rings is 1. The minimum absolute atomic E-state index is 0.151. The van der Waals surface area contributed by atoms with Crippen LogP contribution < -0.4 is 10.1 Å². The average molecular weight is 333 g/mol. The molecule has 0 aliphatic carbocycles. The lowest BCUT2D eigenvalue weighted by atomic mass is 10.3. The molecule has 1 heterocycles. The second-order valence-corrected chi connectivity index (χ2v) is 5.30. The molecular weight excluding hydrogens is 323 g/mol. The minimum Gasteiger partial charge on any atom is -0.406 e. The van der Waals surface area contributed by atoms with Gasteiger partial charge < -0.3 is 15.0 Å². The highest BCUT2D eigenvalue weighted by molar-refractivity contribution is 7.22. The lowest BCUT2D eigenvalue weighted by Crippen LogP contribution is -2.28. The highest BCUT2D eigenvalue weighted by atomic mass is 32.1. The van der Waals surface area contributed by atoms with Gasteiger partial charge in [0.15, 0.2) is 5.13 Å². The molecule has 0 unspecified atom stereocenters. The number of thiazole rings is 1. The summed E-state index contributed by atoms with van der Waals surface area (Å²) < 4.78 is 40.7. The summed E-state index contributed by atoms with van der Waals surface area (Å²) in [6.45, 7) is -0.151. The van der Waals surface area contributed by atoms with Crippen LogP contribution in [-0.4, -0.2) is 42.2 Å². The first-order valence-corrected chi connectivity index (χ1v) is 6.70. The molecule has 118 valence electrons. The summed E-state index contributed by atoms with van der Waals surface area (Å²) in [5.74, 6) is -0.817. The fourth-order valence-corrected chi connectivity index (χ4v) is 2.49. The number of alkyl halides is 3. The summed E-state index contributed by atoms with van der Waals surface area (Å²) in [4.78, 5) is 27.2. The number of hydrogen-bond donors (Lipinski definition) is 1. The number of anilines is 1. The summed E-state index contributed by atoms with van der Waals surface area (Å²) in [7, 11) is 1.44. The molecule has 2 amide bonds. The molecule has 1 N–H and O–H groups in total. The van der Waals surface area contributed by atoms with Crippen molar-refractivity contribution in [3.8, 4) is 5.75 Å². The van der Waals surface area contributed by atoms with Crippen LogP contribution in [0.1, 0.15) is 0 Å². The van der Waals surface area contributed by atoms with Gasteiger partial charge in [-0.1, -0.05) is 11.3 Å². The van der Waals surface area contributed by atoms with Crippen molar-refractivity contribution < 1.29 is 27.5 Å². The van der Waals surface area contributed by atoms with Crippen LogP contribution in [0.3, 0.4) is 0 Å². The van der Waals surface area contributed by atoms with Gasteiger partial charge in [-0.3, -0.25) is 9.59 Å². The van der Waals surface area contributed by atoms with Gasteiger partial charge in [-0.2, -0.15) is 0 Å². The second-order valence-electron chi connectivity index (χ2n) is 4.27. The summed E-state index contributed by atoms with van der Waals surface area (Å²) in [5, 5.41) is 2.69. The molecule has 10 heteroatoms. The van der Waals surface area contributed by atoms with Gasteiger partial charge in [-0.05, 0) is 12.1 Å². The molecule has 1 aromatic carbocycles. The van der Waals surface area contributed by atoms with Crippen molar-refractivity contribution in [1.82, 2.24) is 9.88 Å². The number of fused-ring (bicyclic) bond motifs is 1. The van der Waals surface area contributed by atoms with Gasteiger partial charge in [-0.15, -0.1) is 13.2 Å². The Hall–Kier alpha value is -2.36. The maximum atomic E-state index is 12.1. The van der Waals surface area contributed by atoms with Gasteiger partial charge in [0.2, 0.25) is 12.3 Å². The van der Waals surface area contributed by atoms with E-state index in [9.17, 15) is 22.8 Å². The van der Waals surface area contributed by atoms with Crippen molar-refractivity contribution in [3.05, 3.63) is 18.2 Å². The van der Waals surface area contributed by atoms with Crippen LogP contribution in [0.15, 0.2) is 18.2 Å². The van der Waals surface area contributed by atoms with Crippen LogP contribution in [0.4, 0.5) is 18.3 Å². The third-order valence-corrected chi connectivity index (χ3v) is 3.35. The van der Waals surface area contributed by atoms with Crippen LogP contribution >= 0.6 is 11.3 Å². The Morgan fingerprint density at radius 3 is 2.86 bits per heavy atom.